The number of hydrogen-bond donors (Lipinski definition) is 1. The van der Waals surface area contributed by atoms with Gasteiger partial charge in [-0.25, -0.2) is 4.98 Å². The number of hydrazone groups is 1. The van der Waals surface area contributed by atoms with Crippen LogP contribution in [0.25, 0.3) is 0 Å². The second-order valence-corrected chi connectivity index (χ2v) is 5.55. The normalized spacial score (nSPS) is 10.8. The second-order valence-electron chi connectivity index (χ2n) is 3.90. The molecule has 0 aliphatic carbocycles. The molecule has 0 bridgehead atoms. The van der Waals surface area contributed by atoms with E-state index in [0.29, 0.717) is 11.5 Å². The molecule has 1 aromatic carbocycles. The quantitative estimate of drug-likeness (QED) is 0.656. The molecule has 0 atom stereocenters. The van der Waals surface area contributed by atoms with Gasteiger partial charge in [0.05, 0.1) is 26.1 Å². The molecule has 1 N–H and O–H groups in total. The van der Waals surface area contributed by atoms with Crippen molar-refractivity contribution >= 4 is 38.6 Å². The fraction of sp³-hybridized carbons (Fsp3) is 0.231. The summed E-state index contributed by atoms with van der Waals surface area (Å²) in [4.78, 5) is 4.26. The Balaban J connectivity index is 2.16. The van der Waals surface area contributed by atoms with Gasteiger partial charge in [-0.2, -0.15) is 5.10 Å². The SMILES string of the molecule is COc1cc(C=NNc2nc(C)cs2)cc(OC)c1Br. The smallest absolute Gasteiger partial charge is 0.203 e. The first-order valence-electron chi connectivity index (χ1n) is 5.76. The number of anilines is 1. The maximum atomic E-state index is 5.28. The number of nitrogens with one attached hydrogen (secondary N) is 1. The first kappa shape index (κ1) is 14.8. The molecular weight excluding hydrogens is 342 g/mol. The summed E-state index contributed by atoms with van der Waals surface area (Å²) >= 11 is 4.93. The molecule has 0 aliphatic rings. The average molecular weight is 356 g/mol. The van der Waals surface area contributed by atoms with Gasteiger partial charge in [-0.15, -0.1) is 11.3 Å². The molecule has 2 rings (SSSR count). The number of ether oxygens (including phenoxy) is 2. The third-order valence-electron chi connectivity index (χ3n) is 2.46. The highest BCUT2D eigenvalue weighted by Crippen LogP contribution is 2.35. The van der Waals surface area contributed by atoms with Crippen LogP contribution in [0.5, 0.6) is 11.5 Å². The molecule has 0 saturated heterocycles. The van der Waals surface area contributed by atoms with E-state index in [-0.39, 0.29) is 0 Å². The van der Waals surface area contributed by atoms with Gasteiger partial charge in [-0.05, 0) is 35.0 Å². The van der Waals surface area contributed by atoms with Gasteiger partial charge in [0.25, 0.3) is 0 Å². The third-order valence-corrected chi connectivity index (χ3v) is 4.11. The highest BCUT2D eigenvalue weighted by atomic mass is 79.9. The van der Waals surface area contributed by atoms with Crippen molar-refractivity contribution in [2.24, 2.45) is 5.10 Å². The van der Waals surface area contributed by atoms with Gasteiger partial charge in [-0.1, -0.05) is 0 Å². The van der Waals surface area contributed by atoms with Crippen molar-refractivity contribution in [2.75, 3.05) is 19.6 Å². The van der Waals surface area contributed by atoms with Crippen molar-refractivity contribution in [3.63, 3.8) is 0 Å². The minimum Gasteiger partial charge on any atom is -0.495 e. The number of benzene rings is 1. The summed E-state index contributed by atoms with van der Waals surface area (Å²) < 4.78 is 11.3. The lowest BCUT2D eigenvalue weighted by atomic mass is 10.2. The summed E-state index contributed by atoms with van der Waals surface area (Å²) in [5.74, 6) is 1.38. The van der Waals surface area contributed by atoms with Gasteiger partial charge in [0.2, 0.25) is 5.13 Å². The van der Waals surface area contributed by atoms with E-state index >= 15 is 0 Å². The summed E-state index contributed by atoms with van der Waals surface area (Å²) in [5, 5.41) is 6.87. The summed E-state index contributed by atoms with van der Waals surface area (Å²) in [6, 6.07) is 3.73. The molecule has 5 nitrogen and oxygen atoms in total. The molecule has 7 heteroatoms. The Morgan fingerprint density at radius 1 is 1.30 bits per heavy atom. The van der Waals surface area contributed by atoms with E-state index in [9.17, 15) is 0 Å². The Hall–Kier alpha value is -1.60. The zero-order valence-corrected chi connectivity index (χ0v) is 13.7. The first-order valence-corrected chi connectivity index (χ1v) is 7.44. The van der Waals surface area contributed by atoms with Crippen LogP contribution in [0.4, 0.5) is 5.13 Å². The zero-order chi connectivity index (χ0) is 14.5. The van der Waals surface area contributed by atoms with E-state index in [1.54, 1.807) is 20.4 Å². The largest absolute Gasteiger partial charge is 0.495 e. The molecule has 0 fully saturated rings. The number of rotatable bonds is 5. The van der Waals surface area contributed by atoms with E-state index < -0.39 is 0 Å². The standard InChI is InChI=1S/C13H14BrN3O2S/c1-8-7-20-13(16-8)17-15-6-9-4-10(18-2)12(14)11(5-9)19-3/h4-7H,1-3H3,(H,16,17). The fourth-order valence-corrected chi connectivity index (χ4v) is 2.72. The van der Waals surface area contributed by atoms with Crippen LogP contribution in [0.1, 0.15) is 11.3 Å². The van der Waals surface area contributed by atoms with Crippen LogP contribution in [0.2, 0.25) is 0 Å². The summed E-state index contributed by atoms with van der Waals surface area (Å²) in [6.45, 7) is 1.94. The second kappa shape index (κ2) is 6.71. The van der Waals surface area contributed by atoms with Crippen molar-refractivity contribution in [3.05, 3.63) is 33.2 Å². The number of thiazole rings is 1. The van der Waals surface area contributed by atoms with Gasteiger partial charge < -0.3 is 9.47 Å². The molecule has 0 amide bonds. The van der Waals surface area contributed by atoms with Crippen LogP contribution in [-0.2, 0) is 0 Å². The summed E-state index contributed by atoms with van der Waals surface area (Å²) in [7, 11) is 3.22. The van der Waals surface area contributed by atoms with Crippen molar-refractivity contribution in [3.8, 4) is 11.5 Å². The number of halogens is 1. The summed E-state index contributed by atoms with van der Waals surface area (Å²) in [5.41, 5.74) is 4.72. The first-order chi connectivity index (χ1) is 9.63. The van der Waals surface area contributed by atoms with Crippen molar-refractivity contribution < 1.29 is 9.47 Å². The number of aryl methyl sites for hydroxylation is 1. The molecule has 0 spiro atoms. The predicted octanol–water partition coefficient (Wildman–Crippen LogP) is 3.68. The monoisotopic (exact) mass is 355 g/mol. The van der Waals surface area contributed by atoms with E-state index in [1.807, 2.05) is 24.4 Å². The van der Waals surface area contributed by atoms with Gasteiger partial charge >= 0.3 is 0 Å². The molecule has 106 valence electrons. The maximum absolute atomic E-state index is 5.28. The molecule has 0 saturated carbocycles. The Morgan fingerprint density at radius 2 is 1.95 bits per heavy atom. The third kappa shape index (κ3) is 3.49. The molecule has 20 heavy (non-hydrogen) atoms. The van der Waals surface area contributed by atoms with E-state index in [1.165, 1.54) is 11.3 Å². The van der Waals surface area contributed by atoms with E-state index in [4.69, 9.17) is 9.47 Å². The predicted molar refractivity (Wildman–Crippen MR) is 85.3 cm³/mol. The average Bonchev–Trinajstić information content (AvgIpc) is 2.86. The lowest BCUT2D eigenvalue weighted by Crippen LogP contribution is -1.94. The summed E-state index contributed by atoms with van der Waals surface area (Å²) in [6.07, 6.45) is 1.69. The lowest BCUT2D eigenvalue weighted by Gasteiger charge is -2.09. The molecule has 0 aliphatic heterocycles. The van der Waals surface area contributed by atoms with Gasteiger partial charge in [0, 0.05) is 10.9 Å². The Morgan fingerprint density at radius 3 is 2.45 bits per heavy atom. The van der Waals surface area contributed by atoms with Gasteiger partial charge in [0.15, 0.2) is 0 Å². The number of hydrogen-bond acceptors (Lipinski definition) is 6. The maximum Gasteiger partial charge on any atom is 0.203 e. The lowest BCUT2D eigenvalue weighted by molar-refractivity contribution is 0.389. The van der Waals surface area contributed by atoms with E-state index in [2.05, 4.69) is 31.4 Å². The molecule has 2 aromatic rings. The van der Waals surface area contributed by atoms with Crippen LogP contribution < -0.4 is 14.9 Å². The molecule has 1 heterocycles. The minimum absolute atomic E-state index is 0.691. The topological polar surface area (TPSA) is 55.7 Å². The Labute approximate surface area is 129 Å². The highest BCUT2D eigenvalue weighted by Gasteiger charge is 2.08. The van der Waals surface area contributed by atoms with Crippen LogP contribution >= 0.6 is 27.3 Å². The molecule has 0 unspecified atom stereocenters. The highest BCUT2D eigenvalue weighted by molar-refractivity contribution is 9.10. The van der Waals surface area contributed by atoms with Crippen LogP contribution in [-0.4, -0.2) is 25.4 Å². The van der Waals surface area contributed by atoms with Gasteiger partial charge in [0.1, 0.15) is 16.0 Å². The van der Waals surface area contributed by atoms with Crippen LogP contribution in [0, 0.1) is 6.92 Å². The minimum atomic E-state index is 0.691. The van der Waals surface area contributed by atoms with Crippen molar-refractivity contribution in [1.82, 2.24) is 4.98 Å². The fourth-order valence-electron chi connectivity index (χ4n) is 1.53. The van der Waals surface area contributed by atoms with Crippen molar-refractivity contribution in [2.45, 2.75) is 6.92 Å². The number of methoxy groups -OCH3 is 2. The van der Waals surface area contributed by atoms with Crippen molar-refractivity contribution in [1.29, 1.82) is 0 Å². The van der Waals surface area contributed by atoms with E-state index in [0.717, 1.165) is 20.9 Å². The van der Waals surface area contributed by atoms with Crippen LogP contribution in [0.15, 0.2) is 27.1 Å². The number of aromatic nitrogens is 1. The number of nitrogens with zero attached hydrogens (tertiary/aromatic N) is 2. The van der Waals surface area contributed by atoms with Crippen LogP contribution in [0.3, 0.4) is 0 Å². The molecule has 1 aromatic heterocycles. The van der Waals surface area contributed by atoms with Gasteiger partial charge in [-0.3, -0.25) is 5.43 Å². The zero-order valence-electron chi connectivity index (χ0n) is 11.3. The Kier molecular flexibility index (Phi) is 4.97. The molecular formula is C13H14BrN3O2S. The Bertz CT molecular complexity index is 603. The molecule has 0 radical (unpaired) electrons.